The number of alkyl halides is 1. The molecule has 4 fully saturated rings. The van der Waals surface area contributed by atoms with Crippen molar-refractivity contribution in [3.05, 3.63) is 53.2 Å². The maximum absolute atomic E-state index is 17.0. The summed E-state index contributed by atoms with van der Waals surface area (Å²) in [5.41, 5.74) is 1.73. The van der Waals surface area contributed by atoms with Crippen molar-refractivity contribution in [3.63, 3.8) is 0 Å². The second-order valence-corrected chi connectivity index (χ2v) is 13.5. The van der Waals surface area contributed by atoms with Gasteiger partial charge >= 0.3 is 6.01 Å². The summed E-state index contributed by atoms with van der Waals surface area (Å²) in [5, 5.41) is 5.88. The number of ether oxygens (including phenoxy) is 1. The highest BCUT2D eigenvalue weighted by molar-refractivity contribution is 6.01. The van der Waals surface area contributed by atoms with Crippen LogP contribution < -0.4 is 15.0 Å². The SMILES string of the molecule is Cc1c(F)ccc2cccc(-c3nc4c5c(nc(OC[C@@]67CCCN6CC(F)C7)nc5c3F)N3CC5CCC(N5)C3CC4)c12. The second-order valence-electron chi connectivity index (χ2n) is 13.5. The van der Waals surface area contributed by atoms with Crippen molar-refractivity contribution >= 4 is 27.5 Å². The van der Waals surface area contributed by atoms with E-state index in [0.717, 1.165) is 56.3 Å². The molecule has 5 aliphatic heterocycles. The molecule has 4 unspecified atom stereocenters. The predicted octanol–water partition coefficient (Wildman–Crippen LogP) is 5.64. The van der Waals surface area contributed by atoms with Gasteiger partial charge in [-0.15, -0.1) is 0 Å². The van der Waals surface area contributed by atoms with Gasteiger partial charge in [0.05, 0.1) is 16.6 Å². The lowest BCUT2D eigenvalue weighted by Crippen LogP contribution is -2.58. The first kappa shape index (κ1) is 26.9. The molecule has 0 spiro atoms. The van der Waals surface area contributed by atoms with E-state index in [1.807, 2.05) is 18.2 Å². The number of rotatable bonds is 4. The molecule has 0 saturated carbocycles. The summed E-state index contributed by atoms with van der Waals surface area (Å²) < 4.78 is 52.6. The molecule has 7 heterocycles. The summed E-state index contributed by atoms with van der Waals surface area (Å²) in [6.45, 7) is 4.05. The minimum absolute atomic E-state index is 0.115. The number of fused-ring (bicyclic) bond motifs is 7. The van der Waals surface area contributed by atoms with Gasteiger partial charge in [0.2, 0.25) is 0 Å². The zero-order valence-electron chi connectivity index (χ0n) is 24.8. The number of pyridine rings is 1. The van der Waals surface area contributed by atoms with E-state index < -0.39 is 12.0 Å². The molecular formula is C34H35F3N6O. The first-order chi connectivity index (χ1) is 21.4. The van der Waals surface area contributed by atoms with E-state index >= 15 is 4.39 Å². The number of benzene rings is 2. The van der Waals surface area contributed by atoms with Gasteiger partial charge in [-0.3, -0.25) is 4.90 Å². The molecule has 5 aliphatic rings. The Morgan fingerprint density at radius 3 is 2.86 bits per heavy atom. The van der Waals surface area contributed by atoms with Gasteiger partial charge in [-0.25, -0.2) is 18.2 Å². The number of nitrogens with one attached hydrogen (secondary N) is 1. The summed E-state index contributed by atoms with van der Waals surface area (Å²) >= 11 is 0. The van der Waals surface area contributed by atoms with Gasteiger partial charge in [-0.05, 0) is 74.4 Å². The predicted molar refractivity (Wildman–Crippen MR) is 163 cm³/mol. The summed E-state index contributed by atoms with van der Waals surface area (Å²) in [7, 11) is 0. The van der Waals surface area contributed by atoms with Gasteiger partial charge in [-0.1, -0.05) is 24.3 Å². The molecule has 2 aromatic heterocycles. The third-order valence-corrected chi connectivity index (χ3v) is 11.1. The first-order valence-corrected chi connectivity index (χ1v) is 16.0. The molecule has 0 aliphatic carbocycles. The number of nitrogens with zero attached hydrogens (tertiary/aromatic N) is 5. The lowest BCUT2D eigenvalue weighted by Gasteiger charge is -2.41. The van der Waals surface area contributed by atoms with Crippen molar-refractivity contribution < 1.29 is 17.9 Å². The number of anilines is 1. The van der Waals surface area contributed by atoms with Gasteiger partial charge in [0.15, 0.2) is 5.82 Å². The van der Waals surface area contributed by atoms with Gasteiger partial charge in [0.25, 0.3) is 0 Å². The third kappa shape index (κ3) is 3.92. The Hall–Kier alpha value is -3.50. The van der Waals surface area contributed by atoms with Crippen molar-refractivity contribution in [2.75, 3.05) is 31.1 Å². The van der Waals surface area contributed by atoms with Crippen molar-refractivity contribution in [1.29, 1.82) is 0 Å². The first-order valence-electron chi connectivity index (χ1n) is 16.0. The van der Waals surface area contributed by atoms with Crippen molar-refractivity contribution in [3.8, 4) is 17.3 Å². The van der Waals surface area contributed by atoms with E-state index in [1.165, 1.54) is 6.07 Å². The van der Waals surface area contributed by atoms with Gasteiger partial charge in [0.1, 0.15) is 35.6 Å². The minimum Gasteiger partial charge on any atom is -0.461 e. The fourth-order valence-corrected chi connectivity index (χ4v) is 8.99. The molecule has 5 atom stereocenters. The molecule has 1 N–H and O–H groups in total. The zero-order valence-corrected chi connectivity index (χ0v) is 24.8. The standard InChI is InChI=1S/C34H35F3N6O/c1-18-23(36)8-6-19-4-2-5-22(27(18)19)30-29(37)31-28-25(39-30)10-11-26-24-9-7-21(38-24)16-43(26)32(28)41-33(40-31)44-17-34-12-3-13-42(34)15-20(35)14-34/h2,4-6,8,20-21,24,26,38H,3,7,9-17H2,1H3/t20?,21?,24?,26?,34-/m0/s1. The summed E-state index contributed by atoms with van der Waals surface area (Å²) in [4.78, 5) is 19.2. The maximum atomic E-state index is 17.0. The van der Waals surface area contributed by atoms with Crippen molar-refractivity contribution in [2.24, 2.45) is 0 Å². The van der Waals surface area contributed by atoms with Crippen LogP contribution in [0.2, 0.25) is 0 Å². The maximum Gasteiger partial charge on any atom is 0.319 e. The van der Waals surface area contributed by atoms with E-state index in [9.17, 15) is 8.78 Å². The number of aromatic nitrogens is 3. The van der Waals surface area contributed by atoms with Crippen LogP contribution in [0.3, 0.4) is 0 Å². The molecule has 44 heavy (non-hydrogen) atoms. The molecule has 4 saturated heterocycles. The molecule has 10 heteroatoms. The number of aryl methyl sites for hydroxylation is 2. The highest BCUT2D eigenvalue weighted by Crippen LogP contribution is 2.44. The average molecular weight is 601 g/mol. The number of hydrogen-bond acceptors (Lipinski definition) is 7. The second kappa shape index (κ2) is 9.75. The van der Waals surface area contributed by atoms with E-state index in [1.54, 1.807) is 13.0 Å². The zero-order chi connectivity index (χ0) is 29.7. The molecule has 9 rings (SSSR count). The topological polar surface area (TPSA) is 66.4 Å². The van der Waals surface area contributed by atoms with Crippen LogP contribution in [0.4, 0.5) is 19.0 Å². The Morgan fingerprint density at radius 2 is 1.95 bits per heavy atom. The molecule has 2 aromatic carbocycles. The lowest BCUT2D eigenvalue weighted by molar-refractivity contribution is 0.107. The third-order valence-electron chi connectivity index (χ3n) is 11.1. The van der Waals surface area contributed by atoms with Crippen molar-refractivity contribution in [1.82, 2.24) is 25.2 Å². The highest BCUT2D eigenvalue weighted by Gasteiger charge is 2.50. The van der Waals surface area contributed by atoms with Crippen LogP contribution in [-0.4, -0.2) is 75.9 Å². The number of hydrogen-bond donors (Lipinski definition) is 1. The van der Waals surface area contributed by atoms with Crippen LogP contribution in [0.25, 0.3) is 32.9 Å². The Balaban J connectivity index is 1.23. The monoisotopic (exact) mass is 600 g/mol. The fourth-order valence-electron chi connectivity index (χ4n) is 8.99. The summed E-state index contributed by atoms with van der Waals surface area (Å²) in [6.07, 6.45) is 5.12. The van der Waals surface area contributed by atoms with E-state index in [0.29, 0.717) is 59.2 Å². The number of piperazine rings is 1. The number of halogens is 3. The molecule has 4 aromatic rings. The summed E-state index contributed by atoms with van der Waals surface area (Å²) in [5.74, 6) is -0.225. The minimum atomic E-state index is -0.874. The van der Waals surface area contributed by atoms with E-state index in [2.05, 4.69) is 15.1 Å². The fraction of sp³-hybridized carbons (Fsp3) is 0.500. The van der Waals surface area contributed by atoms with Crippen LogP contribution >= 0.6 is 0 Å². The quantitative estimate of drug-likeness (QED) is 0.325. The van der Waals surface area contributed by atoms with Crippen LogP contribution in [0.1, 0.15) is 49.8 Å². The molecule has 228 valence electrons. The Morgan fingerprint density at radius 1 is 1.05 bits per heavy atom. The Labute approximate surface area is 253 Å². The lowest BCUT2D eigenvalue weighted by atomic mass is 9.95. The van der Waals surface area contributed by atoms with Crippen LogP contribution in [0, 0.1) is 18.6 Å². The van der Waals surface area contributed by atoms with Gasteiger partial charge < -0.3 is 15.0 Å². The van der Waals surface area contributed by atoms with Crippen LogP contribution in [-0.2, 0) is 6.42 Å². The molecule has 0 amide bonds. The van der Waals surface area contributed by atoms with Crippen LogP contribution in [0.15, 0.2) is 30.3 Å². The normalized spacial score (nSPS) is 29.3. The largest absolute Gasteiger partial charge is 0.461 e. The molecular weight excluding hydrogens is 565 g/mol. The van der Waals surface area contributed by atoms with E-state index in [-0.39, 0.29) is 41.2 Å². The molecule has 7 nitrogen and oxygen atoms in total. The smallest absolute Gasteiger partial charge is 0.319 e. The highest BCUT2D eigenvalue weighted by atomic mass is 19.1. The van der Waals surface area contributed by atoms with Crippen molar-refractivity contribution in [2.45, 2.75) is 81.7 Å². The Kier molecular flexibility index (Phi) is 5.95. The summed E-state index contributed by atoms with van der Waals surface area (Å²) in [6, 6.07) is 9.72. The Bertz CT molecular complexity index is 1830. The van der Waals surface area contributed by atoms with Crippen LogP contribution in [0.5, 0.6) is 6.01 Å². The van der Waals surface area contributed by atoms with E-state index in [4.69, 9.17) is 19.7 Å². The molecule has 2 bridgehead atoms. The molecule has 0 radical (unpaired) electrons. The van der Waals surface area contributed by atoms with Gasteiger partial charge in [-0.2, -0.15) is 9.97 Å². The average Bonchev–Trinajstić information content (AvgIpc) is 3.66. The van der Waals surface area contributed by atoms with Gasteiger partial charge in [0, 0.05) is 43.2 Å².